The average molecular weight is 315 g/mol. The molecule has 3 rings (SSSR count). The molecule has 0 radical (unpaired) electrons. The molecule has 6 nitrogen and oxygen atoms in total. The Kier molecular flexibility index (Phi) is 4.81. The Morgan fingerprint density at radius 2 is 2.13 bits per heavy atom. The molecule has 0 saturated heterocycles. The van der Waals surface area contributed by atoms with E-state index in [1.54, 1.807) is 13.2 Å². The fourth-order valence-electron chi connectivity index (χ4n) is 3.13. The highest BCUT2D eigenvalue weighted by Gasteiger charge is 2.22. The first-order valence-electron chi connectivity index (χ1n) is 8.18. The zero-order chi connectivity index (χ0) is 16.2. The molecule has 1 saturated carbocycles. The molecule has 0 spiro atoms. The maximum atomic E-state index is 5.45. The minimum atomic E-state index is 0.403. The van der Waals surface area contributed by atoms with Crippen LogP contribution in [-0.4, -0.2) is 40.3 Å². The third-order valence-corrected chi connectivity index (χ3v) is 4.48. The Bertz CT molecular complexity index is 673. The van der Waals surface area contributed by atoms with Gasteiger partial charge in [-0.3, -0.25) is 0 Å². The average Bonchev–Trinajstić information content (AvgIpc) is 2.95. The number of nitrogens with zero attached hydrogens (tertiary/aromatic N) is 3. The lowest BCUT2D eigenvalue weighted by Crippen LogP contribution is -2.29. The highest BCUT2D eigenvalue weighted by Crippen LogP contribution is 2.27. The number of anilines is 2. The van der Waals surface area contributed by atoms with Gasteiger partial charge in [0.15, 0.2) is 0 Å². The fraction of sp³-hybridized carbons (Fsp3) is 0.529. The van der Waals surface area contributed by atoms with Gasteiger partial charge in [0, 0.05) is 32.9 Å². The zero-order valence-electron chi connectivity index (χ0n) is 13.9. The van der Waals surface area contributed by atoms with Crippen LogP contribution < -0.4 is 10.6 Å². The van der Waals surface area contributed by atoms with Gasteiger partial charge in [-0.25, -0.2) is 0 Å². The highest BCUT2D eigenvalue weighted by molar-refractivity contribution is 5.88. The molecule has 0 aliphatic heterocycles. The maximum absolute atomic E-state index is 5.45. The van der Waals surface area contributed by atoms with Crippen molar-refractivity contribution in [2.24, 2.45) is 7.05 Å². The molecule has 1 fully saturated rings. The summed E-state index contributed by atoms with van der Waals surface area (Å²) in [7, 11) is 3.80. The molecule has 2 aromatic heterocycles. The van der Waals surface area contributed by atoms with Crippen molar-refractivity contribution < 1.29 is 4.74 Å². The quantitative estimate of drug-likeness (QED) is 0.803. The summed E-state index contributed by atoms with van der Waals surface area (Å²) in [6, 6.07) is 2.50. The van der Waals surface area contributed by atoms with E-state index in [0.717, 1.165) is 42.5 Å². The molecule has 0 unspecified atom stereocenters. The minimum absolute atomic E-state index is 0.403. The second-order valence-electron chi connectivity index (χ2n) is 6.08. The van der Waals surface area contributed by atoms with Crippen molar-refractivity contribution in [2.45, 2.75) is 37.8 Å². The van der Waals surface area contributed by atoms with Crippen molar-refractivity contribution in [3.05, 3.63) is 24.9 Å². The van der Waals surface area contributed by atoms with E-state index in [9.17, 15) is 0 Å². The predicted octanol–water partition coefficient (Wildman–Crippen LogP) is 2.94. The topological polar surface area (TPSA) is 64.0 Å². The van der Waals surface area contributed by atoms with E-state index in [2.05, 4.69) is 33.2 Å². The van der Waals surface area contributed by atoms with E-state index in [1.807, 2.05) is 17.8 Å². The minimum Gasteiger partial charge on any atom is -0.381 e. The largest absolute Gasteiger partial charge is 0.381 e. The van der Waals surface area contributed by atoms with E-state index >= 15 is 0 Å². The number of nitrogens with one attached hydrogen (secondary N) is 2. The number of methoxy groups -OCH3 is 1. The molecule has 0 amide bonds. The van der Waals surface area contributed by atoms with Gasteiger partial charge in [0.05, 0.1) is 11.5 Å². The number of ether oxygens (including phenoxy) is 1. The van der Waals surface area contributed by atoms with E-state index in [1.165, 1.54) is 0 Å². The SMILES string of the molecule is C=CCNc1nc(NC2CCC(OC)CC2)c2ccn(C)c2n1. The zero-order valence-corrected chi connectivity index (χ0v) is 13.9. The van der Waals surface area contributed by atoms with Gasteiger partial charge >= 0.3 is 0 Å². The smallest absolute Gasteiger partial charge is 0.226 e. The summed E-state index contributed by atoms with van der Waals surface area (Å²) in [5.41, 5.74) is 0.930. The molecule has 124 valence electrons. The molecule has 0 aromatic carbocycles. The van der Waals surface area contributed by atoms with Crippen molar-refractivity contribution in [3.8, 4) is 0 Å². The molecule has 2 N–H and O–H groups in total. The number of rotatable bonds is 6. The molecular formula is C17H25N5O. The van der Waals surface area contributed by atoms with Gasteiger partial charge in [0.25, 0.3) is 0 Å². The number of fused-ring (bicyclic) bond motifs is 1. The van der Waals surface area contributed by atoms with Gasteiger partial charge in [0.1, 0.15) is 11.5 Å². The first-order chi connectivity index (χ1) is 11.2. The molecule has 2 aromatic rings. The Hall–Kier alpha value is -2.08. The molecule has 2 heterocycles. The summed E-state index contributed by atoms with van der Waals surface area (Å²) in [5.74, 6) is 1.54. The van der Waals surface area contributed by atoms with Crippen LogP contribution in [0.1, 0.15) is 25.7 Å². The van der Waals surface area contributed by atoms with Crippen molar-refractivity contribution in [3.63, 3.8) is 0 Å². The highest BCUT2D eigenvalue weighted by atomic mass is 16.5. The van der Waals surface area contributed by atoms with Gasteiger partial charge in [-0.05, 0) is 31.7 Å². The third kappa shape index (κ3) is 3.47. The van der Waals surface area contributed by atoms with Gasteiger partial charge < -0.3 is 19.9 Å². The van der Waals surface area contributed by atoms with Crippen molar-refractivity contribution in [1.29, 1.82) is 0 Å². The van der Waals surface area contributed by atoms with Crippen LogP contribution in [0.3, 0.4) is 0 Å². The second kappa shape index (κ2) is 7.00. The molecule has 0 atom stereocenters. The molecule has 1 aliphatic rings. The van der Waals surface area contributed by atoms with Crippen LogP contribution in [0.25, 0.3) is 11.0 Å². The third-order valence-electron chi connectivity index (χ3n) is 4.48. The van der Waals surface area contributed by atoms with Crippen LogP contribution in [0.4, 0.5) is 11.8 Å². The van der Waals surface area contributed by atoms with E-state index in [0.29, 0.717) is 24.6 Å². The molecule has 0 bridgehead atoms. The fourth-order valence-corrected chi connectivity index (χ4v) is 3.13. The first kappa shape index (κ1) is 15.8. The lowest BCUT2D eigenvalue weighted by molar-refractivity contribution is 0.0681. The summed E-state index contributed by atoms with van der Waals surface area (Å²) in [6.45, 7) is 4.37. The van der Waals surface area contributed by atoms with Gasteiger partial charge in [-0.1, -0.05) is 6.08 Å². The van der Waals surface area contributed by atoms with E-state index in [4.69, 9.17) is 4.74 Å². The van der Waals surface area contributed by atoms with Crippen LogP contribution in [0, 0.1) is 0 Å². The molecular weight excluding hydrogens is 290 g/mol. The van der Waals surface area contributed by atoms with Crippen LogP contribution in [-0.2, 0) is 11.8 Å². The number of hydrogen-bond donors (Lipinski definition) is 2. The second-order valence-corrected chi connectivity index (χ2v) is 6.08. The number of hydrogen-bond acceptors (Lipinski definition) is 5. The Morgan fingerprint density at radius 3 is 2.83 bits per heavy atom. The first-order valence-corrected chi connectivity index (χ1v) is 8.18. The summed E-state index contributed by atoms with van der Waals surface area (Å²) in [4.78, 5) is 9.24. The predicted molar refractivity (Wildman–Crippen MR) is 93.9 cm³/mol. The lowest BCUT2D eigenvalue weighted by atomic mass is 9.93. The Morgan fingerprint density at radius 1 is 1.35 bits per heavy atom. The molecule has 23 heavy (non-hydrogen) atoms. The standard InChI is InChI=1S/C17H25N5O/c1-4-10-18-17-20-15(14-9-11-22(2)16(14)21-17)19-12-5-7-13(23-3)8-6-12/h4,9,11-13H,1,5-8,10H2,2-3H3,(H2,18,19,20,21). The monoisotopic (exact) mass is 315 g/mol. The van der Waals surface area contributed by atoms with Gasteiger partial charge in [0.2, 0.25) is 5.95 Å². The molecule has 1 aliphatic carbocycles. The van der Waals surface area contributed by atoms with E-state index < -0.39 is 0 Å². The summed E-state index contributed by atoms with van der Waals surface area (Å²) < 4.78 is 7.47. The normalized spacial score (nSPS) is 21.3. The van der Waals surface area contributed by atoms with Crippen molar-refractivity contribution >= 4 is 22.8 Å². The number of aryl methyl sites for hydroxylation is 1. The lowest BCUT2D eigenvalue weighted by Gasteiger charge is -2.28. The summed E-state index contributed by atoms with van der Waals surface area (Å²) >= 11 is 0. The Labute approximate surface area is 137 Å². The Balaban J connectivity index is 1.82. The van der Waals surface area contributed by atoms with Crippen LogP contribution >= 0.6 is 0 Å². The van der Waals surface area contributed by atoms with Crippen LogP contribution in [0.2, 0.25) is 0 Å². The number of aromatic nitrogens is 3. The van der Waals surface area contributed by atoms with Gasteiger partial charge in [-0.15, -0.1) is 6.58 Å². The maximum Gasteiger partial charge on any atom is 0.226 e. The summed E-state index contributed by atoms with van der Waals surface area (Å²) in [6.07, 6.45) is 8.62. The van der Waals surface area contributed by atoms with Crippen molar-refractivity contribution in [1.82, 2.24) is 14.5 Å². The van der Waals surface area contributed by atoms with Crippen molar-refractivity contribution in [2.75, 3.05) is 24.3 Å². The van der Waals surface area contributed by atoms with Crippen LogP contribution in [0.15, 0.2) is 24.9 Å². The molecule has 6 heteroatoms. The summed E-state index contributed by atoms with van der Waals surface area (Å²) in [5, 5.41) is 7.86. The van der Waals surface area contributed by atoms with Crippen LogP contribution in [0.5, 0.6) is 0 Å². The van der Waals surface area contributed by atoms with Gasteiger partial charge in [-0.2, -0.15) is 9.97 Å². The van der Waals surface area contributed by atoms with E-state index in [-0.39, 0.29) is 0 Å².